The van der Waals surface area contributed by atoms with Crippen LogP contribution in [0.25, 0.3) is 0 Å². The van der Waals surface area contributed by atoms with Gasteiger partial charge in [-0.05, 0) is 49.9 Å². The van der Waals surface area contributed by atoms with E-state index in [-0.39, 0.29) is 24.2 Å². The van der Waals surface area contributed by atoms with E-state index in [0.29, 0.717) is 5.75 Å². The molecule has 21 heavy (non-hydrogen) atoms. The lowest BCUT2D eigenvalue weighted by molar-refractivity contribution is -0.129. The average molecular weight is 356 g/mol. The number of aryl methyl sites for hydroxylation is 2. The highest BCUT2D eigenvalue weighted by Crippen LogP contribution is 2.26. The summed E-state index contributed by atoms with van der Waals surface area (Å²) in [5, 5.41) is 2.70. The number of ketones is 1. The van der Waals surface area contributed by atoms with E-state index in [2.05, 4.69) is 21.2 Å². The van der Waals surface area contributed by atoms with Crippen LogP contribution in [0.4, 0.5) is 0 Å². The Labute approximate surface area is 134 Å². The fraction of sp³-hybridized carbons (Fsp3) is 0.500. The minimum atomic E-state index is -0.463. The number of carbonyl (C=O) groups excluding carboxylic acids is 2. The standard InChI is InChI=1S/C16H22BrNO3/c1-9(2)16(12(5)19)18-14(20)8-21-13-6-10(3)15(17)11(4)7-13/h6-7,9,16H,8H2,1-5H3,(H,18,20). The summed E-state index contributed by atoms with van der Waals surface area (Å²) in [5.74, 6) is 0.367. The van der Waals surface area contributed by atoms with Crippen molar-refractivity contribution in [3.63, 3.8) is 0 Å². The molecule has 1 rings (SSSR count). The first kappa shape index (κ1) is 17.7. The second-order valence-electron chi connectivity index (χ2n) is 5.56. The third-order valence-corrected chi connectivity index (χ3v) is 4.45. The van der Waals surface area contributed by atoms with Gasteiger partial charge < -0.3 is 10.1 Å². The van der Waals surface area contributed by atoms with E-state index in [0.717, 1.165) is 15.6 Å². The van der Waals surface area contributed by atoms with Crippen LogP contribution in [0.3, 0.4) is 0 Å². The number of rotatable bonds is 6. The maximum absolute atomic E-state index is 11.9. The molecule has 0 bridgehead atoms. The quantitative estimate of drug-likeness (QED) is 0.852. The van der Waals surface area contributed by atoms with Gasteiger partial charge in [0.1, 0.15) is 5.75 Å². The molecule has 0 aliphatic carbocycles. The van der Waals surface area contributed by atoms with E-state index in [1.807, 2.05) is 39.8 Å². The summed E-state index contributed by atoms with van der Waals surface area (Å²) in [6.07, 6.45) is 0. The Hall–Kier alpha value is -1.36. The first-order chi connectivity index (χ1) is 9.72. The summed E-state index contributed by atoms with van der Waals surface area (Å²) in [4.78, 5) is 23.3. The van der Waals surface area contributed by atoms with Gasteiger partial charge in [-0.15, -0.1) is 0 Å². The van der Waals surface area contributed by atoms with Gasteiger partial charge >= 0.3 is 0 Å². The van der Waals surface area contributed by atoms with Crippen LogP contribution in [0.15, 0.2) is 16.6 Å². The Kier molecular flexibility index (Phi) is 6.40. The molecule has 5 heteroatoms. The molecule has 1 aromatic carbocycles. The monoisotopic (exact) mass is 355 g/mol. The van der Waals surface area contributed by atoms with E-state index >= 15 is 0 Å². The Morgan fingerprint density at radius 3 is 2.19 bits per heavy atom. The van der Waals surface area contributed by atoms with Crippen LogP contribution in [-0.2, 0) is 9.59 Å². The maximum atomic E-state index is 11.9. The first-order valence-corrected chi connectivity index (χ1v) is 7.71. The van der Waals surface area contributed by atoms with Gasteiger partial charge in [0, 0.05) is 4.47 Å². The van der Waals surface area contributed by atoms with Crippen LogP contribution in [0.1, 0.15) is 31.9 Å². The predicted molar refractivity (Wildman–Crippen MR) is 86.6 cm³/mol. The van der Waals surface area contributed by atoms with Crippen LogP contribution < -0.4 is 10.1 Å². The van der Waals surface area contributed by atoms with Crippen LogP contribution in [0.5, 0.6) is 5.75 Å². The zero-order valence-corrected chi connectivity index (χ0v) is 14.7. The summed E-state index contributed by atoms with van der Waals surface area (Å²) in [5.41, 5.74) is 2.10. The zero-order chi connectivity index (χ0) is 16.2. The largest absolute Gasteiger partial charge is 0.484 e. The van der Waals surface area contributed by atoms with Crippen molar-refractivity contribution in [2.24, 2.45) is 5.92 Å². The molecule has 0 aromatic heterocycles. The number of ether oxygens (including phenoxy) is 1. The molecular weight excluding hydrogens is 334 g/mol. The molecule has 1 atom stereocenters. The van der Waals surface area contributed by atoms with Crippen LogP contribution in [0.2, 0.25) is 0 Å². The van der Waals surface area contributed by atoms with Crippen LogP contribution >= 0.6 is 15.9 Å². The van der Waals surface area contributed by atoms with Gasteiger partial charge in [-0.25, -0.2) is 0 Å². The SMILES string of the molecule is CC(=O)C(NC(=O)COc1cc(C)c(Br)c(C)c1)C(C)C. The molecule has 0 heterocycles. The second kappa shape index (κ2) is 7.59. The number of benzene rings is 1. The number of hydrogen-bond acceptors (Lipinski definition) is 3. The highest BCUT2D eigenvalue weighted by Gasteiger charge is 2.20. The molecule has 0 spiro atoms. The van der Waals surface area contributed by atoms with Crippen LogP contribution in [-0.4, -0.2) is 24.3 Å². The van der Waals surface area contributed by atoms with Crippen LogP contribution in [0, 0.1) is 19.8 Å². The highest BCUT2D eigenvalue weighted by atomic mass is 79.9. The maximum Gasteiger partial charge on any atom is 0.258 e. The minimum Gasteiger partial charge on any atom is -0.484 e. The summed E-state index contributed by atoms with van der Waals surface area (Å²) < 4.78 is 6.54. The lowest BCUT2D eigenvalue weighted by Gasteiger charge is -2.19. The smallest absolute Gasteiger partial charge is 0.258 e. The van der Waals surface area contributed by atoms with Gasteiger partial charge in [0.05, 0.1) is 6.04 Å². The van der Waals surface area contributed by atoms with Crippen molar-refractivity contribution in [3.8, 4) is 5.75 Å². The van der Waals surface area contributed by atoms with Gasteiger partial charge in [0.25, 0.3) is 5.91 Å². The number of hydrogen-bond donors (Lipinski definition) is 1. The molecule has 1 unspecified atom stereocenters. The van der Waals surface area contributed by atoms with Crippen molar-refractivity contribution in [3.05, 3.63) is 27.7 Å². The van der Waals surface area contributed by atoms with E-state index in [4.69, 9.17) is 4.74 Å². The van der Waals surface area contributed by atoms with Crippen molar-refractivity contribution < 1.29 is 14.3 Å². The third-order valence-electron chi connectivity index (χ3n) is 3.20. The fourth-order valence-electron chi connectivity index (χ4n) is 2.09. The van der Waals surface area contributed by atoms with Gasteiger partial charge in [-0.3, -0.25) is 9.59 Å². The van der Waals surface area contributed by atoms with E-state index in [1.165, 1.54) is 6.92 Å². The molecule has 0 aliphatic heterocycles. The highest BCUT2D eigenvalue weighted by molar-refractivity contribution is 9.10. The minimum absolute atomic E-state index is 0.0475. The first-order valence-electron chi connectivity index (χ1n) is 6.91. The Morgan fingerprint density at radius 2 is 1.76 bits per heavy atom. The number of Topliss-reactive ketones (excluding diaryl/α,β-unsaturated/α-hetero) is 1. The van der Waals surface area contributed by atoms with Gasteiger partial charge in [-0.2, -0.15) is 0 Å². The number of amides is 1. The summed E-state index contributed by atoms with van der Waals surface area (Å²) in [6, 6.07) is 3.28. The second-order valence-corrected chi connectivity index (χ2v) is 6.35. The van der Waals surface area contributed by atoms with Crippen molar-refractivity contribution in [2.75, 3.05) is 6.61 Å². The predicted octanol–water partition coefficient (Wildman–Crippen LogP) is 3.17. The lowest BCUT2D eigenvalue weighted by atomic mass is 10.0. The van der Waals surface area contributed by atoms with Crippen molar-refractivity contribution in [1.82, 2.24) is 5.32 Å². The van der Waals surface area contributed by atoms with Crippen molar-refractivity contribution in [2.45, 2.75) is 40.7 Å². The Bertz CT molecular complexity index is 517. The molecule has 0 saturated carbocycles. The topological polar surface area (TPSA) is 55.4 Å². The molecule has 1 amide bonds. The molecular formula is C16H22BrNO3. The molecule has 0 radical (unpaired) electrons. The molecule has 0 saturated heterocycles. The Morgan fingerprint density at radius 1 is 1.24 bits per heavy atom. The molecule has 4 nitrogen and oxygen atoms in total. The van der Waals surface area contributed by atoms with Crippen molar-refractivity contribution >= 4 is 27.6 Å². The summed E-state index contributed by atoms with van der Waals surface area (Å²) in [6.45, 7) is 9.11. The third kappa shape index (κ3) is 5.16. The van der Waals surface area contributed by atoms with Crippen molar-refractivity contribution in [1.29, 1.82) is 0 Å². The molecule has 0 fully saturated rings. The number of carbonyl (C=O) groups is 2. The summed E-state index contributed by atoms with van der Waals surface area (Å²) >= 11 is 3.49. The molecule has 0 aliphatic rings. The Balaban J connectivity index is 2.63. The zero-order valence-electron chi connectivity index (χ0n) is 13.1. The van der Waals surface area contributed by atoms with Gasteiger partial charge in [0.2, 0.25) is 0 Å². The van der Waals surface area contributed by atoms with Gasteiger partial charge in [-0.1, -0.05) is 29.8 Å². The molecule has 1 N–H and O–H groups in total. The summed E-state index contributed by atoms with van der Waals surface area (Å²) in [7, 11) is 0. The lowest BCUT2D eigenvalue weighted by Crippen LogP contribution is -2.45. The number of nitrogens with one attached hydrogen (secondary N) is 1. The van der Waals surface area contributed by atoms with E-state index < -0.39 is 6.04 Å². The molecule has 116 valence electrons. The molecule has 1 aromatic rings. The number of halogens is 1. The fourth-order valence-corrected chi connectivity index (χ4v) is 2.32. The normalized spacial score (nSPS) is 12.1. The average Bonchev–Trinajstić information content (AvgIpc) is 2.38. The van der Waals surface area contributed by atoms with Gasteiger partial charge in [0.15, 0.2) is 12.4 Å². The van der Waals surface area contributed by atoms with E-state index in [9.17, 15) is 9.59 Å². The van der Waals surface area contributed by atoms with E-state index in [1.54, 1.807) is 0 Å².